The van der Waals surface area contributed by atoms with E-state index < -0.39 is 21.8 Å². The molecular weight excluding hydrogens is 457 g/mol. The molecule has 0 unspecified atom stereocenters. The number of sulfonamides is 1. The van der Waals surface area contributed by atoms with Gasteiger partial charge in [0, 0.05) is 37.3 Å². The van der Waals surface area contributed by atoms with Crippen molar-refractivity contribution in [1.82, 2.24) is 14.3 Å². The fraction of sp³-hybridized carbons (Fsp3) is 0.320. The van der Waals surface area contributed by atoms with Crippen LogP contribution in [0.15, 0.2) is 71.9 Å². The molecule has 4 rings (SSSR count). The number of esters is 1. The fourth-order valence-electron chi connectivity index (χ4n) is 4.36. The smallest absolute Gasteiger partial charge is 0.341 e. The molecule has 0 N–H and O–H groups in total. The first kappa shape index (κ1) is 24.0. The summed E-state index contributed by atoms with van der Waals surface area (Å²) in [6, 6.07) is 15.0. The summed E-state index contributed by atoms with van der Waals surface area (Å²) in [6.07, 6.45) is 4.52. The summed E-state index contributed by atoms with van der Waals surface area (Å²) >= 11 is 0. The van der Waals surface area contributed by atoms with Gasteiger partial charge in [0.1, 0.15) is 11.6 Å². The van der Waals surface area contributed by atoms with Crippen molar-refractivity contribution in [2.75, 3.05) is 19.7 Å². The number of carbonyl (C=O) groups excluding carboxylic acids is 1. The number of aromatic nitrogens is 2. The third-order valence-corrected chi connectivity index (χ3v) is 8.11. The van der Waals surface area contributed by atoms with Crippen molar-refractivity contribution < 1.29 is 22.3 Å². The number of nitrogens with zero attached hydrogens (tertiary/aromatic N) is 3. The number of piperidine rings is 1. The van der Waals surface area contributed by atoms with Crippen LogP contribution in [0.25, 0.3) is 0 Å². The zero-order valence-electron chi connectivity index (χ0n) is 18.9. The molecule has 0 spiro atoms. The first-order chi connectivity index (χ1) is 16.3. The van der Waals surface area contributed by atoms with Crippen molar-refractivity contribution in [2.45, 2.75) is 36.5 Å². The molecule has 2 aromatic carbocycles. The Bertz CT molecular complexity index is 1240. The quantitative estimate of drug-likeness (QED) is 0.476. The molecule has 1 aromatic heterocycles. The molecule has 0 amide bonds. The van der Waals surface area contributed by atoms with Crippen molar-refractivity contribution >= 4 is 16.0 Å². The summed E-state index contributed by atoms with van der Waals surface area (Å²) in [7, 11) is -3.80. The third-order valence-electron chi connectivity index (χ3n) is 6.21. The van der Waals surface area contributed by atoms with Crippen LogP contribution in [0.3, 0.4) is 0 Å². The summed E-state index contributed by atoms with van der Waals surface area (Å²) < 4.78 is 46.2. The van der Waals surface area contributed by atoms with E-state index in [1.165, 1.54) is 34.9 Å². The fourth-order valence-corrected chi connectivity index (χ4v) is 5.83. The van der Waals surface area contributed by atoms with Gasteiger partial charge >= 0.3 is 5.97 Å². The predicted octanol–water partition coefficient (Wildman–Crippen LogP) is 3.76. The second-order valence-corrected chi connectivity index (χ2v) is 10.2. The lowest BCUT2D eigenvalue weighted by Gasteiger charge is -2.41. The standard InChI is InChI=1S/C25H26FN3O4S/c1-2-33-24(30)19-17-27-23(28-18-19)16-25(20-7-4-3-5-8-20)11-13-29(14-12-25)34(31,32)22-10-6-9-21(26)15-22/h3-10,15,17-18H,2,11-14,16H2,1H3. The topological polar surface area (TPSA) is 89.5 Å². The number of hydrogen-bond acceptors (Lipinski definition) is 6. The summed E-state index contributed by atoms with van der Waals surface area (Å²) in [5.74, 6) is -0.485. The van der Waals surface area contributed by atoms with Crippen LogP contribution in [0.2, 0.25) is 0 Å². The maximum atomic E-state index is 13.6. The van der Waals surface area contributed by atoms with E-state index in [1.807, 2.05) is 30.3 Å². The lowest BCUT2D eigenvalue weighted by Crippen LogP contribution is -2.46. The number of hydrogen-bond donors (Lipinski definition) is 0. The Balaban J connectivity index is 1.57. The number of benzene rings is 2. The summed E-state index contributed by atoms with van der Waals surface area (Å²) in [6.45, 7) is 2.58. The van der Waals surface area contributed by atoms with Crippen LogP contribution in [0.5, 0.6) is 0 Å². The van der Waals surface area contributed by atoms with E-state index in [2.05, 4.69) is 9.97 Å². The monoisotopic (exact) mass is 483 g/mol. The number of rotatable bonds is 7. The summed E-state index contributed by atoms with van der Waals surface area (Å²) in [4.78, 5) is 20.6. The summed E-state index contributed by atoms with van der Waals surface area (Å²) in [5.41, 5.74) is 0.993. The molecule has 2 heterocycles. The molecule has 1 aliphatic rings. The highest BCUT2D eigenvalue weighted by Crippen LogP contribution is 2.39. The molecule has 9 heteroatoms. The molecule has 3 aromatic rings. The first-order valence-electron chi connectivity index (χ1n) is 11.1. The van der Waals surface area contributed by atoms with Gasteiger partial charge in [-0.15, -0.1) is 0 Å². The molecule has 1 saturated heterocycles. The van der Waals surface area contributed by atoms with E-state index in [9.17, 15) is 17.6 Å². The van der Waals surface area contributed by atoms with Crippen LogP contribution in [0.4, 0.5) is 4.39 Å². The van der Waals surface area contributed by atoms with Crippen LogP contribution in [-0.4, -0.2) is 48.4 Å². The van der Waals surface area contributed by atoms with Crippen molar-refractivity contribution in [1.29, 1.82) is 0 Å². The van der Waals surface area contributed by atoms with Crippen LogP contribution < -0.4 is 0 Å². The van der Waals surface area contributed by atoms with E-state index in [4.69, 9.17) is 4.74 Å². The highest BCUT2D eigenvalue weighted by atomic mass is 32.2. The molecule has 0 bridgehead atoms. The third kappa shape index (κ3) is 5.00. The molecule has 1 fully saturated rings. The van der Waals surface area contributed by atoms with E-state index >= 15 is 0 Å². The van der Waals surface area contributed by atoms with Gasteiger partial charge < -0.3 is 4.74 Å². The van der Waals surface area contributed by atoms with Gasteiger partial charge in [0.25, 0.3) is 0 Å². The van der Waals surface area contributed by atoms with Crippen molar-refractivity contribution in [3.05, 3.63) is 89.8 Å². The van der Waals surface area contributed by atoms with Gasteiger partial charge in [0.15, 0.2) is 0 Å². The molecular formula is C25H26FN3O4S. The van der Waals surface area contributed by atoms with Crippen LogP contribution >= 0.6 is 0 Å². The second-order valence-electron chi connectivity index (χ2n) is 8.29. The van der Waals surface area contributed by atoms with Crippen LogP contribution in [0.1, 0.15) is 41.5 Å². The SMILES string of the molecule is CCOC(=O)c1cnc(CC2(c3ccccc3)CCN(S(=O)(=O)c3cccc(F)c3)CC2)nc1. The molecule has 1 aliphatic heterocycles. The molecule has 178 valence electrons. The Hall–Kier alpha value is -3.17. The molecule has 7 nitrogen and oxygen atoms in total. The first-order valence-corrected chi connectivity index (χ1v) is 12.6. The zero-order valence-corrected chi connectivity index (χ0v) is 19.7. The van der Waals surface area contributed by atoms with E-state index in [0.29, 0.717) is 25.1 Å². The van der Waals surface area contributed by atoms with Crippen molar-refractivity contribution in [3.63, 3.8) is 0 Å². The van der Waals surface area contributed by atoms with Crippen LogP contribution in [-0.2, 0) is 26.6 Å². The van der Waals surface area contributed by atoms with E-state index in [0.717, 1.165) is 11.6 Å². The Kier molecular flexibility index (Phi) is 7.04. The number of halogens is 1. The maximum absolute atomic E-state index is 13.6. The molecule has 34 heavy (non-hydrogen) atoms. The minimum absolute atomic E-state index is 0.0439. The average Bonchev–Trinajstić information content (AvgIpc) is 2.85. The Morgan fingerprint density at radius 2 is 1.74 bits per heavy atom. The van der Waals surface area contributed by atoms with E-state index in [1.54, 1.807) is 6.92 Å². The van der Waals surface area contributed by atoms with Crippen LogP contribution in [0, 0.1) is 5.82 Å². The zero-order chi connectivity index (χ0) is 24.2. The van der Waals surface area contributed by atoms with Gasteiger partial charge in [-0.3, -0.25) is 0 Å². The van der Waals surface area contributed by atoms with Gasteiger partial charge in [-0.2, -0.15) is 4.31 Å². The predicted molar refractivity (Wildman–Crippen MR) is 124 cm³/mol. The normalized spacial score (nSPS) is 16.2. The number of carbonyl (C=O) groups is 1. The lowest BCUT2D eigenvalue weighted by molar-refractivity contribution is 0.0525. The molecule has 0 aliphatic carbocycles. The lowest BCUT2D eigenvalue weighted by atomic mass is 9.70. The van der Waals surface area contributed by atoms with Gasteiger partial charge in [-0.05, 0) is 43.5 Å². The van der Waals surface area contributed by atoms with Crippen molar-refractivity contribution in [2.24, 2.45) is 0 Å². The maximum Gasteiger partial charge on any atom is 0.341 e. The Labute approximate surface area is 198 Å². The van der Waals surface area contributed by atoms with E-state index in [-0.39, 0.29) is 35.6 Å². The van der Waals surface area contributed by atoms with Gasteiger partial charge in [0.05, 0.1) is 17.1 Å². The molecule has 0 atom stereocenters. The second kappa shape index (κ2) is 9.99. The van der Waals surface area contributed by atoms with Gasteiger partial charge in [-0.1, -0.05) is 36.4 Å². The Morgan fingerprint density at radius 3 is 2.35 bits per heavy atom. The van der Waals surface area contributed by atoms with Crippen molar-refractivity contribution in [3.8, 4) is 0 Å². The minimum Gasteiger partial charge on any atom is -0.462 e. The summed E-state index contributed by atoms with van der Waals surface area (Å²) in [5, 5.41) is 0. The number of ether oxygens (including phenoxy) is 1. The van der Waals surface area contributed by atoms with Gasteiger partial charge in [0.2, 0.25) is 10.0 Å². The average molecular weight is 484 g/mol. The highest BCUT2D eigenvalue weighted by Gasteiger charge is 2.40. The molecule has 0 saturated carbocycles. The Morgan fingerprint density at radius 1 is 1.06 bits per heavy atom. The molecule has 0 radical (unpaired) electrons. The highest BCUT2D eigenvalue weighted by molar-refractivity contribution is 7.89. The van der Waals surface area contributed by atoms with Gasteiger partial charge in [-0.25, -0.2) is 27.6 Å². The largest absolute Gasteiger partial charge is 0.462 e. The minimum atomic E-state index is -3.80.